The summed E-state index contributed by atoms with van der Waals surface area (Å²) in [5.41, 5.74) is 6.32. The minimum Gasteiger partial charge on any atom is -0.379 e. The number of nitrogens with one attached hydrogen (secondary N) is 1. The Kier molecular flexibility index (Phi) is 4.90. The average Bonchev–Trinajstić information content (AvgIpc) is 2.29. The van der Waals surface area contributed by atoms with Gasteiger partial charge in [-0.15, -0.1) is 0 Å². The third-order valence-electron chi connectivity index (χ3n) is 2.90. The Balaban J connectivity index is 2.72. The van der Waals surface area contributed by atoms with E-state index in [0.29, 0.717) is 30.6 Å². The Morgan fingerprint density at radius 1 is 1.41 bits per heavy atom. The topological polar surface area (TPSA) is 81.2 Å². The van der Waals surface area contributed by atoms with Gasteiger partial charge in [0.05, 0.1) is 4.92 Å². The van der Waals surface area contributed by atoms with Gasteiger partial charge in [0.1, 0.15) is 5.69 Å². The van der Waals surface area contributed by atoms with E-state index in [1.165, 1.54) is 6.07 Å². The molecule has 0 aliphatic heterocycles. The predicted molar refractivity (Wildman–Crippen MR) is 69.0 cm³/mol. The maximum atomic E-state index is 10.8. The molecule has 0 bridgehead atoms. The summed E-state index contributed by atoms with van der Waals surface area (Å²) < 4.78 is 0. The molecule has 3 N–H and O–H groups in total. The lowest BCUT2D eigenvalue weighted by Crippen LogP contribution is -2.27. The summed E-state index contributed by atoms with van der Waals surface area (Å²) in [4.78, 5) is 10.4. The van der Waals surface area contributed by atoms with E-state index in [4.69, 9.17) is 5.73 Å². The van der Waals surface area contributed by atoms with E-state index in [1.54, 1.807) is 18.2 Å². The fourth-order valence-corrected chi connectivity index (χ4v) is 1.61. The van der Waals surface area contributed by atoms with Gasteiger partial charge in [0.15, 0.2) is 0 Å². The molecule has 0 radical (unpaired) electrons. The lowest BCUT2D eigenvalue weighted by Gasteiger charge is -2.19. The van der Waals surface area contributed by atoms with Crippen LogP contribution in [0.3, 0.4) is 0 Å². The zero-order valence-electron chi connectivity index (χ0n) is 10.2. The van der Waals surface area contributed by atoms with Gasteiger partial charge in [-0.1, -0.05) is 26.0 Å². The Hall–Kier alpha value is -1.62. The monoisotopic (exact) mass is 237 g/mol. The van der Waals surface area contributed by atoms with Crippen LogP contribution < -0.4 is 11.1 Å². The quantitative estimate of drug-likeness (QED) is 0.587. The Morgan fingerprint density at radius 2 is 2.06 bits per heavy atom. The number of nitro benzene ring substituents is 1. The molecule has 1 unspecified atom stereocenters. The van der Waals surface area contributed by atoms with Crippen molar-refractivity contribution in [1.29, 1.82) is 0 Å². The highest BCUT2D eigenvalue weighted by Gasteiger charge is 2.15. The second-order valence-electron chi connectivity index (χ2n) is 4.39. The van der Waals surface area contributed by atoms with Crippen LogP contribution in [0.1, 0.15) is 13.8 Å². The van der Waals surface area contributed by atoms with Crippen molar-refractivity contribution in [2.45, 2.75) is 13.8 Å². The molecule has 0 saturated carbocycles. The maximum absolute atomic E-state index is 10.8. The first-order valence-electron chi connectivity index (χ1n) is 5.73. The zero-order chi connectivity index (χ0) is 12.8. The van der Waals surface area contributed by atoms with Crippen LogP contribution in [0.25, 0.3) is 0 Å². The highest BCUT2D eigenvalue weighted by atomic mass is 16.6. The van der Waals surface area contributed by atoms with Gasteiger partial charge < -0.3 is 11.1 Å². The Bertz CT molecular complexity index is 380. The van der Waals surface area contributed by atoms with Crippen LogP contribution in [-0.4, -0.2) is 18.0 Å². The minimum absolute atomic E-state index is 0.104. The third kappa shape index (κ3) is 3.71. The summed E-state index contributed by atoms with van der Waals surface area (Å²) in [6.07, 6.45) is 0. The van der Waals surface area contributed by atoms with Crippen LogP contribution in [0, 0.1) is 22.0 Å². The van der Waals surface area contributed by atoms with Gasteiger partial charge in [0, 0.05) is 12.6 Å². The van der Waals surface area contributed by atoms with E-state index >= 15 is 0 Å². The molecule has 0 amide bonds. The van der Waals surface area contributed by atoms with Gasteiger partial charge in [0.2, 0.25) is 0 Å². The van der Waals surface area contributed by atoms with Crippen LogP contribution in [0.15, 0.2) is 24.3 Å². The Morgan fingerprint density at radius 3 is 2.59 bits per heavy atom. The molecule has 1 rings (SSSR count). The SMILES string of the molecule is CC(C)C(CN)CNc1ccccc1[N+](=O)[O-]. The fraction of sp³-hybridized carbons (Fsp3) is 0.500. The summed E-state index contributed by atoms with van der Waals surface area (Å²) in [6.45, 7) is 5.42. The van der Waals surface area contributed by atoms with Gasteiger partial charge in [-0.05, 0) is 24.4 Å². The number of nitrogens with zero attached hydrogens (tertiary/aromatic N) is 1. The largest absolute Gasteiger partial charge is 0.379 e. The third-order valence-corrected chi connectivity index (χ3v) is 2.90. The second-order valence-corrected chi connectivity index (χ2v) is 4.39. The summed E-state index contributed by atoms with van der Waals surface area (Å²) in [5, 5.41) is 13.9. The average molecular weight is 237 g/mol. The molecule has 0 aliphatic carbocycles. The number of para-hydroxylation sites is 2. The van der Waals surface area contributed by atoms with Crippen molar-refractivity contribution in [1.82, 2.24) is 0 Å². The van der Waals surface area contributed by atoms with E-state index in [9.17, 15) is 10.1 Å². The van der Waals surface area contributed by atoms with Crippen LogP contribution in [-0.2, 0) is 0 Å². The molecule has 17 heavy (non-hydrogen) atoms. The smallest absolute Gasteiger partial charge is 0.292 e. The van der Waals surface area contributed by atoms with Gasteiger partial charge in [0.25, 0.3) is 5.69 Å². The van der Waals surface area contributed by atoms with Crippen LogP contribution in [0.5, 0.6) is 0 Å². The number of rotatable bonds is 6. The Labute approximate surface area is 101 Å². The van der Waals surface area contributed by atoms with Crippen molar-refractivity contribution in [3.05, 3.63) is 34.4 Å². The van der Waals surface area contributed by atoms with Gasteiger partial charge in [-0.2, -0.15) is 0 Å². The van der Waals surface area contributed by atoms with Crippen LogP contribution >= 0.6 is 0 Å². The minimum atomic E-state index is -0.380. The number of hydrogen-bond donors (Lipinski definition) is 2. The van der Waals surface area contributed by atoms with E-state index < -0.39 is 0 Å². The molecular weight excluding hydrogens is 218 g/mol. The van der Waals surface area contributed by atoms with Gasteiger partial charge >= 0.3 is 0 Å². The number of hydrogen-bond acceptors (Lipinski definition) is 4. The van der Waals surface area contributed by atoms with E-state index in [1.807, 2.05) is 0 Å². The first-order valence-corrected chi connectivity index (χ1v) is 5.73. The lowest BCUT2D eigenvalue weighted by molar-refractivity contribution is -0.384. The standard InChI is InChI=1S/C12H19N3O2/c1-9(2)10(7-13)8-14-11-5-3-4-6-12(11)15(16)17/h3-6,9-10,14H,7-8,13H2,1-2H3. The van der Waals surface area contributed by atoms with E-state index in [-0.39, 0.29) is 10.6 Å². The zero-order valence-corrected chi connectivity index (χ0v) is 10.2. The van der Waals surface area contributed by atoms with Gasteiger partial charge in [-0.3, -0.25) is 10.1 Å². The summed E-state index contributed by atoms with van der Waals surface area (Å²) in [7, 11) is 0. The van der Waals surface area contributed by atoms with E-state index in [0.717, 1.165) is 0 Å². The summed E-state index contributed by atoms with van der Waals surface area (Å²) in [6, 6.07) is 6.65. The highest BCUT2D eigenvalue weighted by Crippen LogP contribution is 2.23. The van der Waals surface area contributed by atoms with Crippen molar-refractivity contribution in [2.24, 2.45) is 17.6 Å². The fourth-order valence-electron chi connectivity index (χ4n) is 1.61. The molecule has 0 fully saturated rings. The van der Waals surface area contributed by atoms with Gasteiger partial charge in [-0.25, -0.2) is 0 Å². The molecule has 1 aromatic carbocycles. The van der Waals surface area contributed by atoms with E-state index in [2.05, 4.69) is 19.2 Å². The molecule has 0 heterocycles. The predicted octanol–water partition coefficient (Wildman–Crippen LogP) is 2.24. The van der Waals surface area contributed by atoms with Crippen molar-refractivity contribution < 1.29 is 4.92 Å². The number of anilines is 1. The van der Waals surface area contributed by atoms with Crippen molar-refractivity contribution >= 4 is 11.4 Å². The molecule has 1 atom stereocenters. The molecule has 0 aromatic heterocycles. The first kappa shape index (κ1) is 13.4. The maximum Gasteiger partial charge on any atom is 0.292 e. The first-order chi connectivity index (χ1) is 8.06. The number of benzene rings is 1. The van der Waals surface area contributed by atoms with Crippen molar-refractivity contribution in [2.75, 3.05) is 18.4 Å². The summed E-state index contributed by atoms with van der Waals surface area (Å²) >= 11 is 0. The molecule has 94 valence electrons. The van der Waals surface area contributed by atoms with Crippen molar-refractivity contribution in [3.63, 3.8) is 0 Å². The lowest BCUT2D eigenvalue weighted by atomic mass is 9.96. The highest BCUT2D eigenvalue weighted by molar-refractivity contribution is 5.61. The molecule has 5 heteroatoms. The normalized spacial score (nSPS) is 12.5. The number of nitrogens with two attached hydrogens (primary N) is 1. The molecule has 1 aromatic rings. The second kappa shape index (κ2) is 6.20. The van der Waals surface area contributed by atoms with Crippen LogP contribution in [0.2, 0.25) is 0 Å². The molecule has 0 aliphatic rings. The molecule has 0 saturated heterocycles. The molecule has 5 nitrogen and oxygen atoms in total. The molecular formula is C12H19N3O2. The summed E-state index contributed by atoms with van der Waals surface area (Å²) in [5.74, 6) is 0.769. The number of nitro groups is 1. The van der Waals surface area contributed by atoms with Crippen molar-refractivity contribution in [3.8, 4) is 0 Å². The van der Waals surface area contributed by atoms with Crippen LogP contribution in [0.4, 0.5) is 11.4 Å². The molecule has 0 spiro atoms.